The molecule has 1 aromatic heterocycles. The Labute approximate surface area is 67.0 Å². The van der Waals surface area contributed by atoms with E-state index in [9.17, 15) is 4.79 Å². The van der Waals surface area contributed by atoms with Crippen LogP contribution in [0.4, 0.5) is 0 Å². The number of carbonyl (C=O) groups excluding carboxylic acids is 1. The number of halogens is 1. The van der Waals surface area contributed by atoms with Crippen molar-refractivity contribution >= 4 is 21.7 Å². The summed E-state index contributed by atoms with van der Waals surface area (Å²) in [6.45, 7) is 0.835. The maximum Gasteiger partial charge on any atom is 0.181 e. The molecule has 0 saturated carbocycles. The van der Waals surface area contributed by atoms with Crippen molar-refractivity contribution in [2.24, 2.45) is 0 Å². The van der Waals surface area contributed by atoms with Crippen molar-refractivity contribution in [1.82, 2.24) is 4.57 Å². The third kappa shape index (κ3) is 0.669. The first kappa shape index (κ1) is 6.16. The lowest BCUT2D eigenvalue weighted by Crippen LogP contribution is -1.91. The molecule has 52 valence electrons. The molecule has 2 rings (SSSR count). The first-order chi connectivity index (χ1) is 4.79. The van der Waals surface area contributed by atoms with Gasteiger partial charge in [-0.15, -0.1) is 0 Å². The number of hydrogen-bond donors (Lipinski definition) is 0. The predicted octanol–water partition coefficient (Wildman–Crippen LogP) is 1.84. The van der Waals surface area contributed by atoms with Crippen LogP contribution >= 0.6 is 15.9 Å². The molecular weight excluding hydrogens is 194 g/mol. The fourth-order valence-electron chi connectivity index (χ4n) is 1.25. The number of carbonyl (C=O) groups is 1. The second kappa shape index (κ2) is 1.95. The van der Waals surface area contributed by atoms with Gasteiger partial charge in [0.2, 0.25) is 0 Å². The molecule has 3 heteroatoms. The molecule has 0 bridgehead atoms. The molecule has 0 aliphatic carbocycles. The Hall–Kier alpha value is -0.570. The van der Waals surface area contributed by atoms with E-state index in [-0.39, 0.29) is 5.78 Å². The van der Waals surface area contributed by atoms with Crippen molar-refractivity contribution < 1.29 is 4.79 Å². The van der Waals surface area contributed by atoms with E-state index in [0.717, 1.165) is 16.8 Å². The van der Waals surface area contributed by atoms with Gasteiger partial charge in [0.1, 0.15) is 0 Å². The number of Topliss-reactive ketones (excluding diaryl/α,β-unsaturated/α-hetero) is 1. The summed E-state index contributed by atoms with van der Waals surface area (Å²) in [5.74, 6) is 0.255. The van der Waals surface area contributed by atoms with Gasteiger partial charge in [0, 0.05) is 13.0 Å². The number of rotatable bonds is 0. The smallest absolute Gasteiger partial charge is 0.181 e. The van der Waals surface area contributed by atoms with Crippen molar-refractivity contribution in [3.8, 4) is 0 Å². The first-order valence-electron chi connectivity index (χ1n) is 3.17. The molecule has 0 radical (unpaired) electrons. The lowest BCUT2D eigenvalue weighted by Gasteiger charge is -1.94. The van der Waals surface area contributed by atoms with Crippen LogP contribution < -0.4 is 0 Å². The predicted molar refractivity (Wildman–Crippen MR) is 41.1 cm³/mol. The average Bonchev–Trinajstić information content (AvgIpc) is 2.41. The lowest BCUT2D eigenvalue weighted by molar-refractivity contribution is 0.0994. The molecule has 0 saturated heterocycles. The van der Waals surface area contributed by atoms with Crippen LogP contribution in [0.2, 0.25) is 0 Å². The fraction of sp³-hybridized carbons (Fsp3) is 0.286. The van der Waals surface area contributed by atoms with Crippen molar-refractivity contribution in [1.29, 1.82) is 0 Å². The molecule has 0 unspecified atom stereocenters. The Balaban J connectivity index is 2.63. The molecule has 0 N–H and O–H groups in total. The Morgan fingerprint density at radius 2 is 2.30 bits per heavy atom. The zero-order valence-electron chi connectivity index (χ0n) is 5.30. The van der Waals surface area contributed by atoms with E-state index in [4.69, 9.17) is 0 Å². The largest absolute Gasteiger partial charge is 0.332 e. The van der Waals surface area contributed by atoms with E-state index < -0.39 is 0 Å². The summed E-state index contributed by atoms with van der Waals surface area (Å²) in [6.07, 6.45) is 0.661. The molecule has 1 aromatic rings. The van der Waals surface area contributed by atoms with Crippen LogP contribution in [0.15, 0.2) is 16.7 Å². The van der Waals surface area contributed by atoms with E-state index >= 15 is 0 Å². The molecule has 0 aromatic carbocycles. The fourth-order valence-corrected chi connectivity index (χ4v) is 1.76. The minimum absolute atomic E-state index is 0.255. The van der Waals surface area contributed by atoms with E-state index in [2.05, 4.69) is 15.9 Å². The van der Waals surface area contributed by atoms with Gasteiger partial charge in [0.15, 0.2) is 5.78 Å². The highest BCUT2D eigenvalue weighted by Gasteiger charge is 2.19. The molecule has 0 fully saturated rings. The van der Waals surface area contributed by atoms with Crippen molar-refractivity contribution in [2.75, 3.05) is 0 Å². The van der Waals surface area contributed by atoms with Crippen LogP contribution in [-0.2, 0) is 6.54 Å². The van der Waals surface area contributed by atoms with Gasteiger partial charge < -0.3 is 4.57 Å². The normalized spacial score (nSPS) is 15.9. The van der Waals surface area contributed by atoms with Crippen LogP contribution in [0.3, 0.4) is 0 Å². The van der Waals surface area contributed by atoms with Gasteiger partial charge in [-0.2, -0.15) is 0 Å². The maximum atomic E-state index is 11.0. The third-order valence-electron chi connectivity index (χ3n) is 1.78. The van der Waals surface area contributed by atoms with E-state index in [1.165, 1.54) is 0 Å². The third-order valence-corrected chi connectivity index (χ3v) is 2.47. The number of hydrogen-bond acceptors (Lipinski definition) is 1. The van der Waals surface area contributed by atoms with Gasteiger partial charge >= 0.3 is 0 Å². The summed E-state index contributed by atoms with van der Waals surface area (Å²) in [6, 6.07) is 3.77. The standard InChI is InChI=1S/C7H6BrNO/c8-7-2-1-5-6(10)3-4-9(5)7/h1-2H,3-4H2. The number of nitrogens with zero attached hydrogens (tertiary/aromatic N) is 1. The van der Waals surface area contributed by atoms with Gasteiger partial charge in [-0.25, -0.2) is 0 Å². The molecule has 0 spiro atoms. The van der Waals surface area contributed by atoms with Gasteiger partial charge in [-0.05, 0) is 28.1 Å². The summed E-state index contributed by atoms with van der Waals surface area (Å²) >= 11 is 3.36. The van der Waals surface area contributed by atoms with Crippen LogP contribution in [0.1, 0.15) is 16.9 Å². The molecule has 1 aliphatic heterocycles. The maximum absolute atomic E-state index is 11.0. The number of aromatic nitrogens is 1. The van der Waals surface area contributed by atoms with Crippen LogP contribution in [-0.4, -0.2) is 10.4 Å². The Morgan fingerprint density at radius 1 is 1.50 bits per heavy atom. The molecule has 1 aliphatic rings. The number of fused-ring (bicyclic) bond motifs is 1. The summed E-state index contributed by atoms with van der Waals surface area (Å²) in [5, 5.41) is 0. The van der Waals surface area contributed by atoms with Crippen molar-refractivity contribution in [3.63, 3.8) is 0 Å². The summed E-state index contributed by atoms with van der Waals surface area (Å²) in [7, 11) is 0. The minimum atomic E-state index is 0.255. The average molecular weight is 200 g/mol. The summed E-state index contributed by atoms with van der Waals surface area (Å²) < 4.78 is 3.00. The highest BCUT2D eigenvalue weighted by Crippen LogP contribution is 2.22. The van der Waals surface area contributed by atoms with Crippen LogP contribution in [0, 0.1) is 0 Å². The Kier molecular flexibility index (Phi) is 1.20. The zero-order chi connectivity index (χ0) is 7.14. The van der Waals surface area contributed by atoms with E-state index in [1.807, 2.05) is 16.7 Å². The molecule has 2 nitrogen and oxygen atoms in total. The first-order valence-corrected chi connectivity index (χ1v) is 3.96. The minimum Gasteiger partial charge on any atom is -0.332 e. The van der Waals surface area contributed by atoms with Gasteiger partial charge in [-0.1, -0.05) is 0 Å². The van der Waals surface area contributed by atoms with Crippen molar-refractivity contribution in [2.45, 2.75) is 13.0 Å². The van der Waals surface area contributed by atoms with Gasteiger partial charge in [-0.3, -0.25) is 4.79 Å². The Morgan fingerprint density at radius 3 is 3.00 bits per heavy atom. The van der Waals surface area contributed by atoms with Crippen LogP contribution in [0.25, 0.3) is 0 Å². The highest BCUT2D eigenvalue weighted by molar-refractivity contribution is 9.10. The monoisotopic (exact) mass is 199 g/mol. The topological polar surface area (TPSA) is 22.0 Å². The van der Waals surface area contributed by atoms with Gasteiger partial charge in [0.25, 0.3) is 0 Å². The molecule has 0 atom stereocenters. The molecule has 2 heterocycles. The second-order valence-corrected chi connectivity index (χ2v) is 3.18. The molecule has 10 heavy (non-hydrogen) atoms. The second-order valence-electron chi connectivity index (χ2n) is 2.37. The van der Waals surface area contributed by atoms with Gasteiger partial charge in [0.05, 0.1) is 10.3 Å². The van der Waals surface area contributed by atoms with Crippen LogP contribution in [0.5, 0.6) is 0 Å². The molecular formula is C7H6BrNO. The SMILES string of the molecule is O=C1CCn2c(Br)ccc21. The lowest BCUT2D eigenvalue weighted by atomic mass is 10.3. The molecule has 0 amide bonds. The van der Waals surface area contributed by atoms with Crippen molar-refractivity contribution in [3.05, 3.63) is 22.4 Å². The summed E-state index contributed by atoms with van der Waals surface area (Å²) in [5.41, 5.74) is 0.840. The quantitative estimate of drug-likeness (QED) is 0.626. The van der Waals surface area contributed by atoms with E-state index in [0.29, 0.717) is 6.42 Å². The highest BCUT2D eigenvalue weighted by atomic mass is 79.9. The summed E-state index contributed by atoms with van der Waals surface area (Å²) in [4.78, 5) is 11.0. The zero-order valence-corrected chi connectivity index (χ0v) is 6.89. The number of ketones is 1. The van der Waals surface area contributed by atoms with E-state index in [1.54, 1.807) is 0 Å². The Bertz CT molecular complexity index is 290.